The van der Waals surface area contributed by atoms with Gasteiger partial charge in [-0.25, -0.2) is 8.78 Å². The fraction of sp³-hybridized carbons (Fsp3) is 0.538. The van der Waals surface area contributed by atoms with Gasteiger partial charge in [-0.05, 0) is 38.7 Å². The number of nitrogens with zero attached hydrogens (tertiary/aromatic N) is 1. The van der Waals surface area contributed by atoms with Crippen LogP contribution in [-0.4, -0.2) is 43.2 Å². The fourth-order valence-electron chi connectivity index (χ4n) is 1.45. The van der Waals surface area contributed by atoms with Crippen molar-refractivity contribution in [3.8, 4) is 0 Å². The second-order valence-electron chi connectivity index (χ2n) is 4.66. The van der Waals surface area contributed by atoms with Gasteiger partial charge in [0.2, 0.25) is 0 Å². The Kier molecular flexibility index (Phi) is 5.65. The number of hydrogen-bond acceptors (Lipinski definition) is 3. The topological polar surface area (TPSA) is 35.5 Å². The molecule has 0 saturated heterocycles. The Balaban J connectivity index is 2.45. The maximum absolute atomic E-state index is 13.0. The maximum atomic E-state index is 13.0. The second-order valence-corrected chi connectivity index (χ2v) is 4.66. The van der Waals surface area contributed by atoms with Gasteiger partial charge in [0.25, 0.3) is 0 Å². The smallest absolute Gasteiger partial charge is 0.159 e. The summed E-state index contributed by atoms with van der Waals surface area (Å²) in [6.45, 7) is 3.08. The van der Waals surface area contributed by atoms with Crippen LogP contribution in [-0.2, 0) is 0 Å². The first-order chi connectivity index (χ1) is 8.41. The van der Waals surface area contributed by atoms with Gasteiger partial charge in [-0.15, -0.1) is 0 Å². The molecule has 1 aromatic rings. The molecule has 0 bridgehead atoms. The van der Waals surface area contributed by atoms with E-state index in [9.17, 15) is 13.9 Å². The molecule has 2 atom stereocenters. The van der Waals surface area contributed by atoms with Crippen LogP contribution < -0.4 is 5.32 Å². The molecule has 5 heteroatoms. The van der Waals surface area contributed by atoms with Gasteiger partial charge in [0.05, 0.1) is 6.10 Å². The van der Waals surface area contributed by atoms with Crippen LogP contribution in [0.15, 0.2) is 18.2 Å². The summed E-state index contributed by atoms with van der Waals surface area (Å²) in [5.74, 6) is -1.84. The molecule has 0 fully saturated rings. The molecule has 2 unspecified atom stereocenters. The van der Waals surface area contributed by atoms with E-state index in [1.165, 1.54) is 6.07 Å². The van der Waals surface area contributed by atoms with Crippen molar-refractivity contribution in [2.45, 2.75) is 19.1 Å². The summed E-state index contributed by atoms with van der Waals surface area (Å²) in [7, 11) is 3.94. The average Bonchev–Trinajstić information content (AvgIpc) is 2.32. The van der Waals surface area contributed by atoms with E-state index in [2.05, 4.69) is 17.1 Å². The third kappa shape index (κ3) is 4.33. The highest BCUT2D eigenvalue weighted by Crippen LogP contribution is 2.15. The van der Waals surface area contributed by atoms with E-state index in [4.69, 9.17) is 0 Å². The molecule has 0 spiro atoms. The molecule has 0 aromatic heterocycles. The highest BCUT2D eigenvalue weighted by Gasteiger charge is 2.11. The number of likely N-dealkylation sites (N-methyl/N-ethyl adjacent to an activating group) is 1. The molecular weight excluding hydrogens is 238 g/mol. The minimum absolute atomic E-state index is 0.309. The van der Waals surface area contributed by atoms with E-state index in [1.54, 1.807) is 0 Å². The lowest BCUT2D eigenvalue weighted by Gasteiger charge is -2.21. The summed E-state index contributed by atoms with van der Waals surface area (Å²) in [5.41, 5.74) is 0.374. The molecule has 1 rings (SSSR count). The normalized spacial score (nSPS) is 14.8. The van der Waals surface area contributed by atoms with Crippen LogP contribution in [0.2, 0.25) is 0 Å². The van der Waals surface area contributed by atoms with Crippen molar-refractivity contribution in [1.29, 1.82) is 0 Å². The van der Waals surface area contributed by atoms with E-state index in [1.807, 2.05) is 14.1 Å². The van der Waals surface area contributed by atoms with Crippen molar-refractivity contribution < 1.29 is 13.9 Å². The summed E-state index contributed by atoms with van der Waals surface area (Å²) in [6, 6.07) is 3.77. The highest BCUT2D eigenvalue weighted by molar-refractivity contribution is 5.20. The Morgan fingerprint density at radius 3 is 2.44 bits per heavy atom. The standard InChI is InChI=1S/C13H20F2N2O/c1-9(17(2)3)7-16-8-13(18)10-4-5-11(14)12(15)6-10/h4-6,9,13,16,18H,7-8H2,1-3H3. The van der Waals surface area contributed by atoms with Crippen LogP contribution in [0.3, 0.4) is 0 Å². The van der Waals surface area contributed by atoms with Crippen molar-refractivity contribution in [2.24, 2.45) is 0 Å². The molecule has 0 saturated carbocycles. The van der Waals surface area contributed by atoms with Gasteiger partial charge < -0.3 is 15.3 Å². The Morgan fingerprint density at radius 1 is 1.22 bits per heavy atom. The largest absolute Gasteiger partial charge is 0.387 e. The van der Waals surface area contributed by atoms with Gasteiger partial charge in [-0.1, -0.05) is 6.07 Å². The van der Waals surface area contributed by atoms with Crippen LogP contribution in [0.5, 0.6) is 0 Å². The van der Waals surface area contributed by atoms with Crippen molar-refractivity contribution >= 4 is 0 Å². The van der Waals surface area contributed by atoms with Crippen molar-refractivity contribution in [3.63, 3.8) is 0 Å². The Morgan fingerprint density at radius 2 is 1.89 bits per heavy atom. The monoisotopic (exact) mass is 258 g/mol. The number of rotatable bonds is 6. The summed E-state index contributed by atoms with van der Waals surface area (Å²) in [4.78, 5) is 2.05. The van der Waals surface area contributed by atoms with E-state index in [0.29, 0.717) is 24.7 Å². The van der Waals surface area contributed by atoms with E-state index < -0.39 is 17.7 Å². The van der Waals surface area contributed by atoms with Crippen LogP contribution in [0.4, 0.5) is 8.78 Å². The number of aliphatic hydroxyl groups excluding tert-OH is 1. The maximum Gasteiger partial charge on any atom is 0.159 e. The third-order valence-electron chi connectivity index (χ3n) is 2.99. The fourth-order valence-corrected chi connectivity index (χ4v) is 1.45. The molecule has 0 radical (unpaired) electrons. The summed E-state index contributed by atoms with van der Waals surface area (Å²) < 4.78 is 25.7. The van der Waals surface area contributed by atoms with Crippen LogP contribution in [0, 0.1) is 11.6 Å². The molecule has 102 valence electrons. The third-order valence-corrected chi connectivity index (χ3v) is 2.99. The molecule has 0 heterocycles. The lowest BCUT2D eigenvalue weighted by Crippen LogP contribution is -2.37. The van der Waals surface area contributed by atoms with E-state index in [-0.39, 0.29) is 0 Å². The lowest BCUT2D eigenvalue weighted by atomic mass is 10.1. The van der Waals surface area contributed by atoms with Gasteiger partial charge in [0.15, 0.2) is 11.6 Å². The zero-order valence-electron chi connectivity index (χ0n) is 11.0. The van der Waals surface area contributed by atoms with Gasteiger partial charge in [-0.3, -0.25) is 0 Å². The predicted octanol–water partition coefficient (Wildman–Crippen LogP) is 1.54. The van der Waals surface area contributed by atoms with E-state index in [0.717, 1.165) is 12.1 Å². The molecule has 0 aliphatic rings. The number of halogens is 2. The number of nitrogens with one attached hydrogen (secondary N) is 1. The van der Waals surface area contributed by atoms with E-state index >= 15 is 0 Å². The summed E-state index contributed by atoms with van der Waals surface area (Å²) in [6.07, 6.45) is -0.838. The van der Waals surface area contributed by atoms with Crippen LogP contribution >= 0.6 is 0 Å². The molecule has 1 aromatic carbocycles. The van der Waals surface area contributed by atoms with Gasteiger partial charge in [-0.2, -0.15) is 0 Å². The van der Waals surface area contributed by atoms with Gasteiger partial charge >= 0.3 is 0 Å². The Bertz CT molecular complexity index is 385. The molecule has 3 nitrogen and oxygen atoms in total. The Labute approximate surface area is 106 Å². The Hall–Kier alpha value is -1.04. The van der Waals surface area contributed by atoms with Crippen molar-refractivity contribution in [2.75, 3.05) is 27.2 Å². The first kappa shape index (κ1) is 15.0. The first-order valence-electron chi connectivity index (χ1n) is 5.92. The molecule has 0 aliphatic heterocycles. The predicted molar refractivity (Wildman–Crippen MR) is 67.3 cm³/mol. The first-order valence-corrected chi connectivity index (χ1v) is 5.92. The summed E-state index contributed by atoms with van der Waals surface area (Å²) in [5, 5.41) is 12.9. The second kappa shape index (κ2) is 6.78. The quantitative estimate of drug-likeness (QED) is 0.812. The number of benzene rings is 1. The van der Waals surface area contributed by atoms with Crippen LogP contribution in [0.1, 0.15) is 18.6 Å². The SMILES string of the molecule is CC(CNCC(O)c1ccc(F)c(F)c1)N(C)C. The number of hydrogen-bond donors (Lipinski definition) is 2. The molecule has 0 aliphatic carbocycles. The molecule has 0 amide bonds. The average molecular weight is 258 g/mol. The number of aliphatic hydroxyl groups is 1. The zero-order valence-corrected chi connectivity index (χ0v) is 11.0. The molecular formula is C13H20F2N2O. The van der Waals surface area contributed by atoms with Gasteiger partial charge in [0, 0.05) is 19.1 Å². The van der Waals surface area contributed by atoms with Crippen molar-refractivity contribution in [3.05, 3.63) is 35.4 Å². The van der Waals surface area contributed by atoms with Gasteiger partial charge in [0.1, 0.15) is 0 Å². The van der Waals surface area contributed by atoms with Crippen LogP contribution in [0.25, 0.3) is 0 Å². The minimum Gasteiger partial charge on any atom is -0.387 e. The minimum atomic E-state index is -0.937. The van der Waals surface area contributed by atoms with Crippen molar-refractivity contribution in [1.82, 2.24) is 10.2 Å². The molecule has 18 heavy (non-hydrogen) atoms. The summed E-state index contributed by atoms with van der Waals surface area (Å²) >= 11 is 0. The molecule has 2 N–H and O–H groups in total. The zero-order chi connectivity index (χ0) is 13.7. The highest BCUT2D eigenvalue weighted by atomic mass is 19.2. The lowest BCUT2D eigenvalue weighted by molar-refractivity contribution is 0.169.